The van der Waals surface area contributed by atoms with E-state index >= 15 is 0 Å². The van der Waals surface area contributed by atoms with Gasteiger partial charge >= 0.3 is 11.9 Å². The summed E-state index contributed by atoms with van der Waals surface area (Å²) in [5.74, 6) is -3.65. The predicted octanol–water partition coefficient (Wildman–Crippen LogP) is 1.30. The zero-order valence-corrected chi connectivity index (χ0v) is 13.8. The summed E-state index contributed by atoms with van der Waals surface area (Å²) in [5, 5.41) is 14.8. The number of pyridine rings is 1. The normalized spacial score (nSPS) is 19.5. The Morgan fingerprint density at radius 1 is 1.04 bits per heavy atom. The molecule has 0 amide bonds. The summed E-state index contributed by atoms with van der Waals surface area (Å²) in [5.41, 5.74) is 1.21. The molecule has 1 aromatic rings. The first kappa shape index (κ1) is 18.4. The lowest BCUT2D eigenvalue weighted by Crippen LogP contribution is -2.43. The lowest BCUT2D eigenvalue weighted by molar-refractivity contribution is -0.159. The van der Waals surface area contributed by atoms with Gasteiger partial charge in [-0.2, -0.15) is 0 Å². The van der Waals surface area contributed by atoms with E-state index in [4.69, 9.17) is 19.8 Å². The highest BCUT2D eigenvalue weighted by Gasteiger charge is 2.26. The van der Waals surface area contributed by atoms with E-state index in [0.717, 1.165) is 12.6 Å². The molecule has 2 aliphatic heterocycles. The summed E-state index contributed by atoms with van der Waals surface area (Å²) in [6.45, 7) is 6.17. The fourth-order valence-corrected chi connectivity index (χ4v) is 3.27. The van der Waals surface area contributed by atoms with Crippen LogP contribution in [0.2, 0.25) is 0 Å². The third kappa shape index (κ3) is 5.90. The molecule has 7 nitrogen and oxygen atoms in total. The lowest BCUT2D eigenvalue weighted by atomic mass is 10.0. The largest absolute Gasteiger partial charge is 0.473 e. The number of aliphatic carboxylic acids is 2. The topological polar surface area (TPSA) is 94.0 Å². The highest BCUT2D eigenvalue weighted by molar-refractivity contribution is 6.27. The fraction of sp³-hybridized carbons (Fsp3) is 0.588. The van der Waals surface area contributed by atoms with Gasteiger partial charge in [0.15, 0.2) is 0 Å². The van der Waals surface area contributed by atoms with Gasteiger partial charge in [-0.25, -0.2) is 9.59 Å². The Balaban J connectivity index is 0.000000301. The standard InChI is InChI=1S/C15H23N3.C2H2O4/c1-2-8-16-14(5-1)13-17-11-6-15(7-12-17)18-9-3-4-10-18;3-1(4)2(5)6/h1-2,5,8,15H,3-4,6-7,9-13H2;(H,3,4)(H,5,6). The van der Waals surface area contributed by atoms with Crippen molar-refractivity contribution in [2.75, 3.05) is 26.2 Å². The maximum absolute atomic E-state index is 9.10. The summed E-state index contributed by atoms with van der Waals surface area (Å²) in [6.07, 6.45) is 7.40. The molecule has 0 aromatic carbocycles. The SMILES string of the molecule is O=C(O)C(=O)O.c1ccc(CN2CCC(N3CCCC3)CC2)nc1. The molecule has 0 radical (unpaired) electrons. The Morgan fingerprint density at radius 2 is 1.67 bits per heavy atom. The summed E-state index contributed by atoms with van der Waals surface area (Å²) in [4.78, 5) is 27.9. The van der Waals surface area contributed by atoms with Crippen LogP contribution in [0.1, 0.15) is 31.4 Å². The first-order valence-corrected chi connectivity index (χ1v) is 8.39. The molecule has 7 heteroatoms. The molecule has 0 aliphatic carbocycles. The van der Waals surface area contributed by atoms with Crippen molar-refractivity contribution in [1.82, 2.24) is 14.8 Å². The minimum atomic E-state index is -1.82. The van der Waals surface area contributed by atoms with E-state index in [9.17, 15) is 0 Å². The molecule has 0 saturated carbocycles. The van der Waals surface area contributed by atoms with Gasteiger partial charge in [0, 0.05) is 31.9 Å². The summed E-state index contributed by atoms with van der Waals surface area (Å²) >= 11 is 0. The molecule has 2 aliphatic rings. The van der Waals surface area contributed by atoms with Crippen LogP contribution in [0.3, 0.4) is 0 Å². The molecule has 1 aromatic heterocycles. The molecule has 0 atom stereocenters. The number of hydrogen-bond donors (Lipinski definition) is 2. The van der Waals surface area contributed by atoms with Gasteiger partial charge in [0.05, 0.1) is 5.69 Å². The van der Waals surface area contributed by atoms with E-state index in [1.165, 1.54) is 57.6 Å². The fourth-order valence-electron chi connectivity index (χ4n) is 3.27. The zero-order valence-electron chi connectivity index (χ0n) is 13.8. The molecule has 24 heavy (non-hydrogen) atoms. The number of rotatable bonds is 3. The minimum Gasteiger partial charge on any atom is -0.473 e. The first-order chi connectivity index (χ1) is 11.6. The second-order valence-electron chi connectivity index (χ2n) is 6.18. The number of piperidine rings is 1. The second-order valence-corrected chi connectivity index (χ2v) is 6.18. The van der Waals surface area contributed by atoms with E-state index < -0.39 is 11.9 Å². The third-order valence-corrected chi connectivity index (χ3v) is 4.51. The smallest absolute Gasteiger partial charge is 0.414 e. The van der Waals surface area contributed by atoms with Crippen molar-refractivity contribution < 1.29 is 19.8 Å². The molecule has 2 N–H and O–H groups in total. The zero-order chi connectivity index (χ0) is 17.4. The Hall–Kier alpha value is -1.99. The number of hydrogen-bond acceptors (Lipinski definition) is 5. The Morgan fingerprint density at radius 3 is 2.17 bits per heavy atom. The van der Waals surface area contributed by atoms with Crippen molar-refractivity contribution in [3.8, 4) is 0 Å². The van der Waals surface area contributed by atoms with Crippen LogP contribution < -0.4 is 0 Å². The van der Waals surface area contributed by atoms with Gasteiger partial charge in [0.2, 0.25) is 0 Å². The minimum absolute atomic E-state index is 0.854. The predicted molar refractivity (Wildman–Crippen MR) is 88.6 cm³/mol. The quantitative estimate of drug-likeness (QED) is 0.804. The van der Waals surface area contributed by atoms with E-state index in [2.05, 4.69) is 26.9 Å². The van der Waals surface area contributed by atoms with Crippen LogP contribution >= 0.6 is 0 Å². The van der Waals surface area contributed by atoms with Gasteiger partial charge in [-0.1, -0.05) is 6.07 Å². The average molecular weight is 335 g/mol. The Labute approximate surface area is 141 Å². The van der Waals surface area contributed by atoms with Crippen molar-refractivity contribution in [1.29, 1.82) is 0 Å². The van der Waals surface area contributed by atoms with Crippen LogP contribution in [0.4, 0.5) is 0 Å². The molecule has 2 fully saturated rings. The van der Waals surface area contributed by atoms with E-state index in [0.29, 0.717) is 0 Å². The van der Waals surface area contributed by atoms with Crippen LogP contribution in [0.5, 0.6) is 0 Å². The van der Waals surface area contributed by atoms with Crippen LogP contribution in [-0.4, -0.2) is 69.2 Å². The molecule has 0 spiro atoms. The third-order valence-electron chi connectivity index (χ3n) is 4.51. The summed E-state index contributed by atoms with van der Waals surface area (Å²) < 4.78 is 0. The van der Waals surface area contributed by atoms with E-state index in [1.807, 2.05) is 12.3 Å². The molecular formula is C17H25N3O4. The van der Waals surface area contributed by atoms with Crippen LogP contribution in [0, 0.1) is 0 Å². The van der Waals surface area contributed by atoms with E-state index in [1.54, 1.807) is 0 Å². The second kappa shape index (κ2) is 9.34. The number of likely N-dealkylation sites (tertiary alicyclic amines) is 2. The number of nitrogens with zero attached hydrogens (tertiary/aromatic N) is 3. The van der Waals surface area contributed by atoms with Gasteiger partial charge in [-0.05, 0) is 50.9 Å². The van der Waals surface area contributed by atoms with Crippen LogP contribution in [0.15, 0.2) is 24.4 Å². The maximum Gasteiger partial charge on any atom is 0.414 e. The Kier molecular flexibility index (Phi) is 7.14. The van der Waals surface area contributed by atoms with Gasteiger partial charge in [0.1, 0.15) is 0 Å². The van der Waals surface area contributed by atoms with Crippen molar-refractivity contribution in [3.05, 3.63) is 30.1 Å². The molecule has 0 bridgehead atoms. The van der Waals surface area contributed by atoms with Crippen molar-refractivity contribution in [2.24, 2.45) is 0 Å². The number of carbonyl (C=O) groups is 2. The van der Waals surface area contributed by atoms with Crippen molar-refractivity contribution >= 4 is 11.9 Å². The van der Waals surface area contributed by atoms with Gasteiger partial charge in [-0.3, -0.25) is 9.88 Å². The highest BCUT2D eigenvalue weighted by Crippen LogP contribution is 2.21. The molecular weight excluding hydrogens is 310 g/mol. The van der Waals surface area contributed by atoms with Gasteiger partial charge in [0.25, 0.3) is 0 Å². The molecule has 0 unspecified atom stereocenters. The van der Waals surface area contributed by atoms with Crippen molar-refractivity contribution in [3.63, 3.8) is 0 Å². The monoisotopic (exact) mass is 335 g/mol. The van der Waals surface area contributed by atoms with Gasteiger partial charge < -0.3 is 15.1 Å². The lowest BCUT2D eigenvalue weighted by Gasteiger charge is -2.36. The molecule has 2 saturated heterocycles. The number of carboxylic acids is 2. The average Bonchev–Trinajstić information content (AvgIpc) is 3.11. The molecule has 3 heterocycles. The van der Waals surface area contributed by atoms with E-state index in [-0.39, 0.29) is 0 Å². The summed E-state index contributed by atoms with van der Waals surface area (Å²) in [7, 11) is 0. The molecule has 3 rings (SSSR count). The van der Waals surface area contributed by atoms with Gasteiger partial charge in [-0.15, -0.1) is 0 Å². The van der Waals surface area contributed by atoms with Crippen molar-refractivity contribution in [2.45, 2.75) is 38.3 Å². The maximum atomic E-state index is 9.10. The molecule has 132 valence electrons. The number of carboxylic acid groups (broad SMARTS) is 2. The first-order valence-electron chi connectivity index (χ1n) is 8.39. The highest BCUT2D eigenvalue weighted by atomic mass is 16.4. The number of aromatic nitrogens is 1. The Bertz CT molecular complexity index is 512. The van der Waals surface area contributed by atoms with Crippen LogP contribution in [0.25, 0.3) is 0 Å². The summed E-state index contributed by atoms with van der Waals surface area (Å²) in [6, 6.07) is 7.06. The van der Waals surface area contributed by atoms with Crippen LogP contribution in [-0.2, 0) is 16.1 Å².